The van der Waals surface area contributed by atoms with Gasteiger partial charge in [-0.3, -0.25) is 4.68 Å². The van der Waals surface area contributed by atoms with Crippen LogP contribution in [0.2, 0.25) is 0 Å². The van der Waals surface area contributed by atoms with Crippen LogP contribution in [0, 0.1) is 13.8 Å². The number of pyridine rings is 1. The number of aromatic nitrogens is 3. The van der Waals surface area contributed by atoms with Gasteiger partial charge in [0.25, 0.3) is 0 Å². The minimum absolute atomic E-state index is 0.721. The van der Waals surface area contributed by atoms with Gasteiger partial charge in [-0.05, 0) is 39.0 Å². The molecule has 2 aromatic rings. The molecule has 0 saturated carbocycles. The summed E-state index contributed by atoms with van der Waals surface area (Å²) in [5.41, 5.74) is 3.23. The maximum absolute atomic E-state index is 4.54. The molecule has 2 rings (SSSR count). The van der Waals surface area contributed by atoms with E-state index in [1.165, 1.54) is 0 Å². The highest BCUT2D eigenvalue weighted by Gasteiger charge is 2.03. The predicted octanol–water partition coefficient (Wildman–Crippen LogP) is 2.38. The maximum Gasteiger partial charge on any atom is 0.126 e. The smallest absolute Gasteiger partial charge is 0.126 e. The van der Waals surface area contributed by atoms with Gasteiger partial charge in [-0.25, -0.2) is 4.98 Å². The first-order valence-corrected chi connectivity index (χ1v) is 5.90. The fourth-order valence-corrected chi connectivity index (χ4v) is 1.84. The number of rotatable bonds is 4. The van der Waals surface area contributed by atoms with Crippen LogP contribution in [0.4, 0.5) is 5.82 Å². The molecule has 0 bridgehead atoms. The van der Waals surface area contributed by atoms with Crippen LogP contribution in [0.15, 0.2) is 24.3 Å². The lowest BCUT2D eigenvalue weighted by Gasteiger charge is -2.07. The predicted molar refractivity (Wildman–Crippen MR) is 69.2 cm³/mol. The fraction of sp³-hybridized carbons (Fsp3) is 0.385. The Morgan fingerprint density at radius 2 is 2.12 bits per heavy atom. The molecule has 2 aromatic heterocycles. The second kappa shape index (κ2) is 4.99. The molecular formula is C13H18N4. The number of nitrogens with one attached hydrogen (secondary N) is 1. The summed E-state index contributed by atoms with van der Waals surface area (Å²) in [5.74, 6) is 0.923. The summed E-state index contributed by atoms with van der Waals surface area (Å²) in [5, 5.41) is 7.65. The second-order valence-electron chi connectivity index (χ2n) is 4.13. The van der Waals surface area contributed by atoms with E-state index >= 15 is 0 Å². The molecule has 0 saturated heterocycles. The molecule has 1 N–H and O–H groups in total. The minimum Gasteiger partial charge on any atom is -0.370 e. The molecule has 0 unspecified atom stereocenters. The van der Waals surface area contributed by atoms with Crippen molar-refractivity contribution in [1.82, 2.24) is 14.8 Å². The number of nitrogens with zero attached hydrogens (tertiary/aromatic N) is 3. The summed E-state index contributed by atoms with van der Waals surface area (Å²) in [6.45, 7) is 7.74. The monoisotopic (exact) mass is 230 g/mol. The average molecular weight is 230 g/mol. The molecule has 0 spiro atoms. The fourth-order valence-electron chi connectivity index (χ4n) is 1.84. The van der Waals surface area contributed by atoms with Crippen LogP contribution in [0.5, 0.6) is 0 Å². The molecule has 0 aliphatic rings. The Hall–Kier alpha value is -1.84. The molecule has 0 radical (unpaired) electrons. The lowest BCUT2D eigenvalue weighted by atomic mass is 10.3. The molecule has 0 aromatic carbocycles. The topological polar surface area (TPSA) is 42.7 Å². The molecule has 4 nitrogen and oxygen atoms in total. The molecule has 4 heteroatoms. The van der Waals surface area contributed by atoms with Gasteiger partial charge in [-0.1, -0.05) is 6.07 Å². The van der Waals surface area contributed by atoms with Gasteiger partial charge in [0.05, 0.1) is 17.9 Å². The van der Waals surface area contributed by atoms with Gasteiger partial charge >= 0.3 is 0 Å². The summed E-state index contributed by atoms with van der Waals surface area (Å²) in [4.78, 5) is 4.54. The van der Waals surface area contributed by atoms with E-state index in [1.807, 2.05) is 29.8 Å². The van der Waals surface area contributed by atoms with Gasteiger partial charge in [0.2, 0.25) is 0 Å². The first-order valence-electron chi connectivity index (χ1n) is 5.90. The van der Waals surface area contributed by atoms with Crippen LogP contribution in [0.25, 0.3) is 0 Å². The third-order valence-electron chi connectivity index (χ3n) is 2.58. The van der Waals surface area contributed by atoms with E-state index in [0.717, 1.165) is 36.0 Å². The summed E-state index contributed by atoms with van der Waals surface area (Å²) in [6, 6.07) is 8.10. The van der Waals surface area contributed by atoms with E-state index in [1.54, 1.807) is 0 Å². The third-order valence-corrected chi connectivity index (χ3v) is 2.58. The average Bonchev–Trinajstić information content (AvgIpc) is 2.58. The van der Waals surface area contributed by atoms with Crippen molar-refractivity contribution in [3.63, 3.8) is 0 Å². The normalized spacial score (nSPS) is 10.5. The van der Waals surface area contributed by atoms with Gasteiger partial charge < -0.3 is 5.32 Å². The van der Waals surface area contributed by atoms with Crippen molar-refractivity contribution < 1.29 is 0 Å². The van der Waals surface area contributed by atoms with Crippen molar-refractivity contribution in [3.05, 3.63) is 41.3 Å². The van der Waals surface area contributed by atoms with Crippen LogP contribution in [0.3, 0.4) is 0 Å². The Bertz CT molecular complexity index is 502. The van der Waals surface area contributed by atoms with Crippen molar-refractivity contribution in [2.24, 2.45) is 0 Å². The lowest BCUT2D eigenvalue weighted by molar-refractivity contribution is 0.647. The zero-order chi connectivity index (χ0) is 12.3. The minimum atomic E-state index is 0.721. The van der Waals surface area contributed by atoms with Crippen LogP contribution in [-0.4, -0.2) is 21.3 Å². The van der Waals surface area contributed by atoms with Gasteiger partial charge in [0, 0.05) is 12.2 Å². The Kier molecular flexibility index (Phi) is 3.42. The van der Waals surface area contributed by atoms with Crippen LogP contribution in [-0.2, 0) is 6.54 Å². The number of aryl methyl sites for hydroxylation is 2. The van der Waals surface area contributed by atoms with Crippen molar-refractivity contribution in [1.29, 1.82) is 0 Å². The summed E-state index contributed by atoms with van der Waals surface area (Å²) >= 11 is 0. The molecule has 90 valence electrons. The largest absolute Gasteiger partial charge is 0.370 e. The van der Waals surface area contributed by atoms with E-state index in [0.29, 0.717) is 0 Å². The molecule has 0 fully saturated rings. The van der Waals surface area contributed by atoms with Crippen molar-refractivity contribution in [2.45, 2.75) is 27.3 Å². The summed E-state index contributed by atoms with van der Waals surface area (Å²) < 4.78 is 1.98. The zero-order valence-corrected chi connectivity index (χ0v) is 10.6. The van der Waals surface area contributed by atoms with Crippen molar-refractivity contribution >= 4 is 5.82 Å². The Balaban J connectivity index is 2.18. The summed E-state index contributed by atoms with van der Waals surface area (Å²) in [7, 11) is 0. The van der Waals surface area contributed by atoms with E-state index in [9.17, 15) is 0 Å². The van der Waals surface area contributed by atoms with Gasteiger partial charge in [0.1, 0.15) is 5.82 Å². The lowest BCUT2D eigenvalue weighted by Crippen LogP contribution is -2.07. The second-order valence-corrected chi connectivity index (χ2v) is 4.13. The van der Waals surface area contributed by atoms with E-state index in [-0.39, 0.29) is 0 Å². The quantitative estimate of drug-likeness (QED) is 0.877. The SMILES string of the molecule is CCNc1cccc(Cn2nc(C)cc2C)n1. The van der Waals surface area contributed by atoms with Gasteiger partial charge in [0.15, 0.2) is 0 Å². The molecule has 17 heavy (non-hydrogen) atoms. The van der Waals surface area contributed by atoms with Crippen molar-refractivity contribution in [3.8, 4) is 0 Å². The van der Waals surface area contributed by atoms with Crippen LogP contribution in [0.1, 0.15) is 24.0 Å². The Morgan fingerprint density at radius 1 is 1.29 bits per heavy atom. The van der Waals surface area contributed by atoms with Gasteiger partial charge in [-0.15, -0.1) is 0 Å². The number of anilines is 1. The highest BCUT2D eigenvalue weighted by Crippen LogP contribution is 2.08. The molecule has 0 aliphatic carbocycles. The highest BCUT2D eigenvalue weighted by atomic mass is 15.3. The standard InChI is InChI=1S/C13H18N4/c1-4-14-13-7-5-6-12(15-13)9-17-11(3)8-10(2)16-17/h5-8H,4,9H2,1-3H3,(H,14,15). The summed E-state index contributed by atoms with van der Waals surface area (Å²) in [6.07, 6.45) is 0. The molecule has 2 heterocycles. The molecule has 0 aliphatic heterocycles. The molecule has 0 amide bonds. The number of hydrogen-bond donors (Lipinski definition) is 1. The Labute approximate surface area is 102 Å². The number of hydrogen-bond acceptors (Lipinski definition) is 3. The van der Waals surface area contributed by atoms with E-state index < -0.39 is 0 Å². The van der Waals surface area contributed by atoms with Crippen LogP contribution >= 0.6 is 0 Å². The van der Waals surface area contributed by atoms with Gasteiger partial charge in [-0.2, -0.15) is 5.10 Å². The third kappa shape index (κ3) is 2.84. The zero-order valence-electron chi connectivity index (χ0n) is 10.6. The first kappa shape index (κ1) is 11.6. The van der Waals surface area contributed by atoms with E-state index in [2.05, 4.69) is 35.3 Å². The highest BCUT2D eigenvalue weighted by molar-refractivity contribution is 5.35. The maximum atomic E-state index is 4.54. The molecule has 0 atom stereocenters. The van der Waals surface area contributed by atoms with Crippen molar-refractivity contribution in [2.75, 3.05) is 11.9 Å². The first-order chi connectivity index (χ1) is 8.19. The Morgan fingerprint density at radius 3 is 2.76 bits per heavy atom. The van der Waals surface area contributed by atoms with E-state index in [4.69, 9.17) is 0 Å². The molecular weight excluding hydrogens is 212 g/mol. The van der Waals surface area contributed by atoms with Crippen LogP contribution < -0.4 is 5.32 Å².